The quantitative estimate of drug-likeness (QED) is 0.859. The van der Waals surface area contributed by atoms with Gasteiger partial charge in [0.15, 0.2) is 0 Å². The second-order valence-electron chi connectivity index (χ2n) is 5.09. The van der Waals surface area contributed by atoms with Crippen LogP contribution in [0, 0.1) is 0 Å². The highest BCUT2D eigenvalue weighted by atomic mass is 15.0. The molecule has 0 aliphatic heterocycles. The summed E-state index contributed by atoms with van der Waals surface area (Å²) in [5, 5.41) is 1.36. The normalized spacial score (nSPS) is 17.0. The molecular formula is C15H20N2. The molecule has 1 aromatic heterocycles. The van der Waals surface area contributed by atoms with Gasteiger partial charge in [-0.05, 0) is 48.9 Å². The Bertz CT molecular complexity index is 507. The summed E-state index contributed by atoms with van der Waals surface area (Å²) in [6, 6.07) is 9.71. The van der Waals surface area contributed by atoms with Gasteiger partial charge in [0.2, 0.25) is 0 Å². The maximum atomic E-state index is 5.63. The summed E-state index contributed by atoms with van der Waals surface area (Å²) < 4.78 is 2.47. The minimum absolute atomic E-state index is 0.723. The van der Waals surface area contributed by atoms with Crippen LogP contribution in [0.5, 0.6) is 0 Å². The van der Waals surface area contributed by atoms with Crippen molar-refractivity contribution in [3.05, 3.63) is 36.0 Å². The van der Waals surface area contributed by atoms with Crippen molar-refractivity contribution >= 4 is 10.9 Å². The van der Waals surface area contributed by atoms with Crippen molar-refractivity contribution in [3.63, 3.8) is 0 Å². The summed E-state index contributed by atoms with van der Waals surface area (Å²) in [5.74, 6) is 0. The molecule has 0 atom stereocenters. The highest BCUT2D eigenvalue weighted by molar-refractivity contribution is 5.81. The third kappa shape index (κ3) is 1.98. The summed E-state index contributed by atoms with van der Waals surface area (Å²) in [7, 11) is 0. The first kappa shape index (κ1) is 10.8. The van der Waals surface area contributed by atoms with Crippen molar-refractivity contribution in [2.24, 2.45) is 5.73 Å². The minimum atomic E-state index is 0.723. The average Bonchev–Trinajstić information content (AvgIpc) is 2.96. The molecule has 1 heterocycles. The van der Waals surface area contributed by atoms with E-state index in [1.807, 2.05) is 0 Å². The van der Waals surface area contributed by atoms with Gasteiger partial charge >= 0.3 is 0 Å². The predicted molar refractivity (Wildman–Crippen MR) is 72.2 cm³/mol. The van der Waals surface area contributed by atoms with Crippen molar-refractivity contribution in [1.29, 1.82) is 0 Å². The monoisotopic (exact) mass is 228 g/mol. The second-order valence-corrected chi connectivity index (χ2v) is 5.09. The Balaban J connectivity index is 2.02. The van der Waals surface area contributed by atoms with E-state index in [1.165, 1.54) is 42.1 Å². The molecule has 0 radical (unpaired) electrons. The molecule has 0 bridgehead atoms. The lowest BCUT2D eigenvalue weighted by Crippen LogP contribution is -2.04. The van der Waals surface area contributed by atoms with E-state index in [-0.39, 0.29) is 0 Å². The van der Waals surface area contributed by atoms with E-state index in [0.29, 0.717) is 0 Å². The maximum Gasteiger partial charge on any atom is 0.0485 e. The molecule has 0 spiro atoms. The molecule has 2 aromatic rings. The number of hydrogen-bond acceptors (Lipinski definition) is 1. The molecule has 0 amide bonds. The summed E-state index contributed by atoms with van der Waals surface area (Å²) in [6.07, 6.45) is 8.67. The lowest BCUT2D eigenvalue weighted by atomic mass is 10.1. The van der Waals surface area contributed by atoms with Crippen molar-refractivity contribution in [1.82, 2.24) is 4.57 Å². The fourth-order valence-corrected chi connectivity index (χ4v) is 3.02. The number of benzene rings is 1. The van der Waals surface area contributed by atoms with E-state index in [9.17, 15) is 0 Å². The predicted octanol–water partition coefficient (Wildman–Crippen LogP) is 3.26. The molecule has 2 N–H and O–H groups in total. The first-order chi connectivity index (χ1) is 8.38. The number of nitrogens with zero attached hydrogens (tertiary/aromatic N) is 1. The van der Waals surface area contributed by atoms with Crippen molar-refractivity contribution in [3.8, 4) is 0 Å². The number of hydrogen-bond donors (Lipinski definition) is 1. The number of rotatable bonds is 3. The van der Waals surface area contributed by atoms with E-state index < -0.39 is 0 Å². The van der Waals surface area contributed by atoms with Crippen LogP contribution in [0.1, 0.15) is 37.3 Å². The Kier molecular flexibility index (Phi) is 2.89. The van der Waals surface area contributed by atoms with Crippen LogP contribution in [0.4, 0.5) is 0 Å². The van der Waals surface area contributed by atoms with E-state index in [2.05, 4.69) is 35.0 Å². The largest absolute Gasteiger partial charge is 0.344 e. The SMILES string of the molecule is NCCc1ccc2ccn(C3CCCC3)c2c1. The Morgan fingerprint density at radius 3 is 2.76 bits per heavy atom. The molecule has 1 fully saturated rings. The van der Waals surface area contributed by atoms with Gasteiger partial charge in [-0.3, -0.25) is 0 Å². The van der Waals surface area contributed by atoms with Gasteiger partial charge in [-0.2, -0.15) is 0 Å². The van der Waals surface area contributed by atoms with Gasteiger partial charge in [-0.1, -0.05) is 25.0 Å². The molecule has 2 heteroatoms. The van der Waals surface area contributed by atoms with Crippen LogP contribution in [0.2, 0.25) is 0 Å². The van der Waals surface area contributed by atoms with Gasteiger partial charge in [-0.25, -0.2) is 0 Å². The van der Waals surface area contributed by atoms with E-state index >= 15 is 0 Å². The van der Waals surface area contributed by atoms with Gasteiger partial charge in [-0.15, -0.1) is 0 Å². The van der Waals surface area contributed by atoms with Crippen LogP contribution >= 0.6 is 0 Å². The van der Waals surface area contributed by atoms with Crippen LogP contribution in [-0.4, -0.2) is 11.1 Å². The van der Waals surface area contributed by atoms with E-state index in [0.717, 1.165) is 19.0 Å². The van der Waals surface area contributed by atoms with Crippen molar-refractivity contribution in [2.75, 3.05) is 6.54 Å². The Morgan fingerprint density at radius 2 is 2.00 bits per heavy atom. The summed E-state index contributed by atoms with van der Waals surface area (Å²) in [4.78, 5) is 0. The maximum absolute atomic E-state index is 5.63. The standard InChI is InChI=1S/C15H20N2/c16-9-7-12-5-6-13-8-10-17(15(13)11-12)14-3-1-2-4-14/h5-6,8,10-11,14H,1-4,7,9,16H2. The molecule has 1 aliphatic rings. The van der Waals surface area contributed by atoms with Crippen LogP contribution in [-0.2, 0) is 6.42 Å². The third-order valence-corrected chi connectivity index (χ3v) is 3.94. The summed E-state index contributed by atoms with van der Waals surface area (Å²) in [5.41, 5.74) is 8.38. The molecule has 3 rings (SSSR count). The Hall–Kier alpha value is -1.28. The molecule has 0 unspecified atom stereocenters. The number of fused-ring (bicyclic) bond motifs is 1. The lowest BCUT2D eigenvalue weighted by Gasteiger charge is -2.13. The highest BCUT2D eigenvalue weighted by Crippen LogP contribution is 2.33. The number of nitrogens with two attached hydrogens (primary N) is 1. The highest BCUT2D eigenvalue weighted by Gasteiger charge is 2.17. The second kappa shape index (κ2) is 4.53. The number of aromatic nitrogens is 1. The molecule has 2 nitrogen and oxygen atoms in total. The van der Waals surface area contributed by atoms with Crippen molar-refractivity contribution < 1.29 is 0 Å². The fraction of sp³-hybridized carbons (Fsp3) is 0.467. The van der Waals surface area contributed by atoms with Gasteiger partial charge in [0, 0.05) is 17.8 Å². The zero-order chi connectivity index (χ0) is 11.7. The van der Waals surface area contributed by atoms with Crippen LogP contribution in [0.3, 0.4) is 0 Å². The third-order valence-electron chi connectivity index (χ3n) is 3.94. The van der Waals surface area contributed by atoms with Gasteiger partial charge < -0.3 is 10.3 Å². The van der Waals surface area contributed by atoms with Crippen LogP contribution in [0.15, 0.2) is 30.5 Å². The zero-order valence-electron chi connectivity index (χ0n) is 10.2. The topological polar surface area (TPSA) is 30.9 Å². The minimum Gasteiger partial charge on any atom is -0.344 e. The average molecular weight is 228 g/mol. The fourth-order valence-electron chi connectivity index (χ4n) is 3.02. The molecule has 1 aromatic carbocycles. The van der Waals surface area contributed by atoms with E-state index in [4.69, 9.17) is 5.73 Å². The molecular weight excluding hydrogens is 208 g/mol. The van der Waals surface area contributed by atoms with Crippen molar-refractivity contribution in [2.45, 2.75) is 38.1 Å². The molecule has 1 aliphatic carbocycles. The zero-order valence-corrected chi connectivity index (χ0v) is 10.2. The lowest BCUT2D eigenvalue weighted by molar-refractivity contribution is 0.535. The molecule has 0 saturated heterocycles. The van der Waals surface area contributed by atoms with Crippen LogP contribution in [0.25, 0.3) is 10.9 Å². The van der Waals surface area contributed by atoms with Crippen LogP contribution < -0.4 is 5.73 Å². The first-order valence-electron chi connectivity index (χ1n) is 6.68. The van der Waals surface area contributed by atoms with Gasteiger partial charge in [0.1, 0.15) is 0 Å². The molecule has 90 valence electrons. The Labute approximate surface area is 102 Å². The molecule has 17 heavy (non-hydrogen) atoms. The summed E-state index contributed by atoms with van der Waals surface area (Å²) >= 11 is 0. The van der Waals surface area contributed by atoms with E-state index in [1.54, 1.807) is 0 Å². The first-order valence-corrected chi connectivity index (χ1v) is 6.68. The van der Waals surface area contributed by atoms with Gasteiger partial charge in [0.05, 0.1) is 0 Å². The smallest absolute Gasteiger partial charge is 0.0485 e. The Morgan fingerprint density at radius 1 is 1.18 bits per heavy atom. The molecule has 1 saturated carbocycles. The van der Waals surface area contributed by atoms with Gasteiger partial charge in [0.25, 0.3) is 0 Å². The summed E-state index contributed by atoms with van der Waals surface area (Å²) in [6.45, 7) is 0.732.